The maximum absolute atomic E-state index is 11.4. The van der Waals surface area contributed by atoms with Crippen molar-refractivity contribution in [3.63, 3.8) is 0 Å². The lowest BCUT2D eigenvalue weighted by molar-refractivity contribution is -0.114. The van der Waals surface area contributed by atoms with Crippen LogP contribution >= 0.6 is 0 Å². The number of carbonyl (C=O) groups is 1. The minimum Gasteiger partial charge on any atom is -0.368 e. The second kappa shape index (κ2) is 8.11. The van der Waals surface area contributed by atoms with Crippen molar-refractivity contribution < 1.29 is 4.79 Å². The van der Waals surface area contributed by atoms with E-state index in [1.807, 2.05) is 6.07 Å². The van der Waals surface area contributed by atoms with Gasteiger partial charge in [-0.1, -0.05) is 42.5 Å². The van der Waals surface area contributed by atoms with E-state index in [1.54, 1.807) is 6.92 Å². The molecular formula is C26H29N3O. The number of hydrogen-bond acceptors (Lipinski definition) is 3. The van der Waals surface area contributed by atoms with Crippen molar-refractivity contribution in [2.45, 2.75) is 25.7 Å². The highest BCUT2D eigenvalue weighted by Gasteiger charge is 2.27. The predicted molar refractivity (Wildman–Crippen MR) is 124 cm³/mol. The fraction of sp³-hybridized carbons (Fsp3) is 0.346. The van der Waals surface area contributed by atoms with E-state index in [2.05, 4.69) is 69.7 Å². The van der Waals surface area contributed by atoms with Crippen LogP contribution in [-0.4, -0.2) is 43.5 Å². The number of amides is 1. The maximum atomic E-state index is 11.4. The van der Waals surface area contributed by atoms with Crippen LogP contribution < -0.4 is 10.2 Å². The van der Waals surface area contributed by atoms with Crippen LogP contribution in [0.25, 0.3) is 10.8 Å². The molecule has 3 aromatic rings. The van der Waals surface area contributed by atoms with E-state index in [0.717, 1.165) is 44.8 Å². The normalized spacial score (nSPS) is 19.1. The van der Waals surface area contributed by atoms with E-state index in [0.29, 0.717) is 5.92 Å². The lowest BCUT2D eigenvalue weighted by atomic mass is 9.99. The number of benzene rings is 3. The summed E-state index contributed by atoms with van der Waals surface area (Å²) in [4.78, 5) is 16.6. The number of aryl methyl sites for hydroxylation is 1. The van der Waals surface area contributed by atoms with Crippen LogP contribution in [-0.2, 0) is 11.2 Å². The van der Waals surface area contributed by atoms with E-state index in [4.69, 9.17) is 0 Å². The molecule has 0 radical (unpaired) electrons. The van der Waals surface area contributed by atoms with E-state index in [9.17, 15) is 4.79 Å². The van der Waals surface area contributed by atoms with Crippen LogP contribution in [0.2, 0.25) is 0 Å². The highest BCUT2D eigenvalue weighted by Crippen LogP contribution is 2.36. The smallest absolute Gasteiger partial charge is 0.221 e. The summed E-state index contributed by atoms with van der Waals surface area (Å²) in [6.07, 6.45) is 2.36. The van der Waals surface area contributed by atoms with Gasteiger partial charge in [-0.3, -0.25) is 9.69 Å². The van der Waals surface area contributed by atoms with Crippen LogP contribution in [0.5, 0.6) is 0 Å². The molecule has 5 rings (SSSR count). The Labute approximate surface area is 178 Å². The van der Waals surface area contributed by atoms with Crippen molar-refractivity contribution >= 4 is 28.1 Å². The molecule has 1 aliphatic heterocycles. The highest BCUT2D eigenvalue weighted by molar-refractivity contribution is 5.94. The molecule has 1 atom stereocenters. The molecule has 4 heteroatoms. The minimum atomic E-state index is -0.00550. The van der Waals surface area contributed by atoms with Crippen molar-refractivity contribution in [2.24, 2.45) is 0 Å². The molecule has 1 fully saturated rings. The second-order valence-corrected chi connectivity index (χ2v) is 8.62. The average Bonchev–Trinajstić information content (AvgIpc) is 3.15. The highest BCUT2D eigenvalue weighted by atomic mass is 16.1. The Morgan fingerprint density at radius 2 is 1.80 bits per heavy atom. The molecule has 1 amide bonds. The predicted octanol–water partition coefficient (Wildman–Crippen LogP) is 4.65. The van der Waals surface area contributed by atoms with Crippen molar-refractivity contribution in [3.05, 3.63) is 71.8 Å². The molecule has 4 nitrogen and oxygen atoms in total. The van der Waals surface area contributed by atoms with Gasteiger partial charge in [0.15, 0.2) is 0 Å². The first-order chi connectivity index (χ1) is 14.7. The first kappa shape index (κ1) is 19.1. The monoisotopic (exact) mass is 399 g/mol. The topological polar surface area (TPSA) is 35.6 Å². The summed E-state index contributed by atoms with van der Waals surface area (Å²) in [5.74, 6) is 0.562. The fourth-order valence-electron chi connectivity index (χ4n) is 5.13. The standard InChI is InChI=1S/C26H29N3O/c1-19(30)27-23-12-11-21-9-10-22(25(21)17-23)18-28-13-15-29(16-14-28)26-8-4-6-20-5-2-3-7-24(20)26/h2-8,11-12,17,22H,9-10,13-16,18H2,1H3,(H,27,30). The lowest BCUT2D eigenvalue weighted by Gasteiger charge is -2.37. The van der Waals surface area contributed by atoms with E-state index < -0.39 is 0 Å². The Hall–Kier alpha value is -2.85. The van der Waals surface area contributed by atoms with Crippen LogP contribution in [0, 0.1) is 0 Å². The quantitative estimate of drug-likeness (QED) is 0.694. The van der Waals surface area contributed by atoms with Gasteiger partial charge in [0.1, 0.15) is 0 Å². The van der Waals surface area contributed by atoms with Crippen LogP contribution in [0.15, 0.2) is 60.7 Å². The number of piperazine rings is 1. The number of anilines is 2. The Morgan fingerprint density at radius 3 is 2.63 bits per heavy atom. The Bertz CT molecular complexity index is 1060. The number of carbonyl (C=O) groups excluding carboxylic acids is 1. The maximum Gasteiger partial charge on any atom is 0.221 e. The SMILES string of the molecule is CC(=O)Nc1ccc2c(c1)C(CN1CCN(c3cccc4ccccc34)CC1)CC2. The molecule has 0 aromatic heterocycles. The first-order valence-electron chi connectivity index (χ1n) is 11.0. The zero-order valence-electron chi connectivity index (χ0n) is 17.6. The summed E-state index contributed by atoms with van der Waals surface area (Å²) >= 11 is 0. The molecule has 154 valence electrons. The molecule has 1 heterocycles. The number of nitrogens with zero attached hydrogens (tertiary/aromatic N) is 2. The summed E-state index contributed by atoms with van der Waals surface area (Å²) in [5.41, 5.74) is 5.16. The molecule has 0 bridgehead atoms. The van der Waals surface area contributed by atoms with Crippen molar-refractivity contribution in [1.82, 2.24) is 4.90 Å². The summed E-state index contributed by atoms with van der Waals surface area (Å²) in [6, 6.07) is 21.7. The summed E-state index contributed by atoms with van der Waals surface area (Å²) in [6.45, 7) is 7.01. The van der Waals surface area contributed by atoms with Crippen molar-refractivity contribution in [3.8, 4) is 0 Å². The summed E-state index contributed by atoms with van der Waals surface area (Å²) in [7, 11) is 0. The Kier molecular flexibility index (Phi) is 5.17. The molecule has 0 spiro atoms. The molecule has 2 aliphatic rings. The van der Waals surface area contributed by atoms with E-state index in [1.165, 1.54) is 34.0 Å². The molecule has 0 saturated carbocycles. The lowest BCUT2D eigenvalue weighted by Crippen LogP contribution is -2.47. The third-order valence-electron chi connectivity index (χ3n) is 6.63. The molecular weight excluding hydrogens is 370 g/mol. The molecule has 1 aliphatic carbocycles. The number of nitrogens with one attached hydrogen (secondary N) is 1. The molecule has 1 unspecified atom stereocenters. The zero-order chi connectivity index (χ0) is 20.5. The summed E-state index contributed by atoms with van der Waals surface area (Å²) < 4.78 is 0. The van der Waals surface area contributed by atoms with Gasteiger partial charge >= 0.3 is 0 Å². The van der Waals surface area contributed by atoms with Crippen molar-refractivity contribution in [1.29, 1.82) is 0 Å². The van der Waals surface area contributed by atoms with Crippen molar-refractivity contribution in [2.75, 3.05) is 42.9 Å². The third-order valence-corrected chi connectivity index (χ3v) is 6.63. The average molecular weight is 400 g/mol. The van der Waals surface area contributed by atoms with Gasteiger partial charge < -0.3 is 10.2 Å². The van der Waals surface area contributed by atoms with Gasteiger partial charge in [-0.15, -0.1) is 0 Å². The van der Waals surface area contributed by atoms with Gasteiger partial charge in [-0.05, 0) is 53.5 Å². The Balaban J connectivity index is 1.25. The minimum absolute atomic E-state index is 0.00550. The molecule has 1 N–H and O–H groups in total. The first-order valence-corrected chi connectivity index (χ1v) is 11.0. The summed E-state index contributed by atoms with van der Waals surface area (Å²) in [5, 5.41) is 5.60. The number of fused-ring (bicyclic) bond motifs is 2. The molecule has 3 aromatic carbocycles. The molecule has 30 heavy (non-hydrogen) atoms. The van der Waals surface area contributed by atoms with E-state index >= 15 is 0 Å². The Morgan fingerprint density at radius 1 is 1.00 bits per heavy atom. The van der Waals surface area contributed by atoms with Gasteiger partial charge in [0.05, 0.1) is 0 Å². The largest absolute Gasteiger partial charge is 0.368 e. The second-order valence-electron chi connectivity index (χ2n) is 8.62. The molecule has 1 saturated heterocycles. The van der Waals surface area contributed by atoms with Crippen LogP contribution in [0.4, 0.5) is 11.4 Å². The zero-order valence-corrected chi connectivity index (χ0v) is 17.6. The van der Waals surface area contributed by atoms with Gasteiger partial charge in [0.25, 0.3) is 0 Å². The number of rotatable bonds is 4. The van der Waals surface area contributed by atoms with Gasteiger partial charge in [0.2, 0.25) is 5.91 Å². The van der Waals surface area contributed by atoms with Crippen LogP contribution in [0.3, 0.4) is 0 Å². The van der Waals surface area contributed by atoms with Gasteiger partial charge in [-0.2, -0.15) is 0 Å². The van der Waals surface area contributed by atoms with Gasteiger partial charge in [0, 0.05) is 56.4 Å². The van der Waals surface area contributed by atoms with Crippen LogP contribution in [0.1, 0.15) is 30.4 Å². The number of hydrogen-bond donors (Lipinski definition) is 1. The third kappa shape index (κ3) is 3.80. The van der Waals surface area contributed by atoms with Gasteiger partial charge in [-0.25, -0.2) is 0 Å². The van der Waals surface area contributed by atoms with E-state index in [-0.39, 0.29) is 5.91 Å². The fourth-order valence-corrected chi connectivity index (χ4v) is 5.13.